The van der Waals surface area contributed by atoms with Crippen LogP contribution in [0.15, 0.2) is 36.7 Å². The summed E-state index contributed by atoms with van der Waals surface area (Å²) in [7, 11) is 1.59. The van der Waals surface area contributed by atoms with Crippen molar-refractivity contribution in [2.75, 3.05) is 18.5 Å². The molecular formula is C26H33ClFN3O3. The molecular weight excluding hydrogens is 457 g/mol. The zero-order chi connectivity index (χ0) is 25.5. The fourth-order valence-electron chi connectivity index (χ4n) is 4.24. The van der Waals surface area contributed by atoms with Crippen LogP contribution in [0.5, 0.6) is 0 Å². The zero-order valence-electron chi connectivity index (χ0n) is 20.9. The molecule has 1 aromatic heterocycles. The SMILES string of the molecule is CCC(F)(CCN(C)C(=O)OC(C)(C)C)c1cncc(N2C(=O)c3ccc(Cl)cc3C2(C)C)c1. The lowest BCUT2D eigenvalue weighted by molar-refractivity contribution is 0.0256. The molecule has 0 N–H and O–H groups in total. The van der Waals surface area contributed by atoms with Crippen molar-refractivity contribution in [3.05, 3.63) is 58.4 Å². The zero-order valence-corrected chi connectivity index (χ0v) is 21.7. The Kier molecular flexibility index (Phi) is 7.00. The van der Waals surface area contributed by atoms with Gasteiger partial charge in [-0.25, -0.2) is 9.18 Å². The van der Waals surface area contributed by atoms with Crippen LogP contribution in [0, 0.1) is 0 Å². The summed E-state index contributed by atoms with van der Waals surface area (Å²) < 4.78 is 21.5. The highest BCUT2D eigenvalue weighted by Crippen LogP contribution is 2.44. The van der Waals surface area contributed by atoms with Gasteiger partial charge in [0.2, 0.25) is 0 Å². The molecule has 1 unspecified atom stereocenters. The molecule has 0 saturated carbocycles. The smallest absolute Gasteiger partial charge is 0.410 e. The second-order valence-electron chi connectivity index (χ2n) is 10.3. The Balaban J connectivity index is 1.86. The van der Waals surface area contributed by atoms with Gasteiger partial charge in [0.25, 0.3) is 5.91 Å². The van der Waals surface area contributed by atoms with Crippen LogP contribution in [0.2, 0.25) is 5.02 Å². The minimum Gasteiger partial charge on any atom is -0.444 e. The highest BCUT2D eigenvalue weighted by atomic mass is 35.5. The maximum absolute atomic E-state index is 16.1. The summed E-state index contributed by atoms with van der Waals surface area (Å²) in [6, 6.07) is 6.88. The number of pyridine rings is 1. The summed E-state index contributed by atoms with van der Waals surface area (Å²) in [6.45, 7) is 11.1. The maximum Gasteiger partial charge on any atom is 0.410 e. The first-order valence-corrected chi connectivity index (χ1v) is 11.8. The molecule has 184 valence electrons. The van der Waals surface area contributed by atoms with Gasteiger partial charge in [-0.3, -0.25) is 14.7 Å². The third-order valence-electron chi connectivity index (χ3n) is 6.24. The molecule has 6 nitrogen and oxygen atoms in total. The molecule has 2 heterocycles. The highest BCUT2D eigenvalue weighted by molar-refractivity contribution is 6.31. The van der Waals surface area contributed by atoms with Gasteiger partial charge in [0, 0.05) is 42.4 Å². The van der Waals surface area contributed by atoms with Crippen LogP contribution in [0.25, 0.3) is 0 Å². The largest absolute Gasteiger partial charge is 0.444 e. The van der Waals surface area contributed by atoms with Gasteiger partial charge in [0.1, 0.15) is 11.3 Å². The standard InChI is InChI=1S/C26H33ClFN3O3/c1-8-26(28,11-12-30(7)23(33)34-24(2,3)4)17-13-19(16-29-15-17)31-22(32)20-10-9-18(27)14-21(20)25(31,5)6/h9-10,13-16H,8,11-12H2,1-7H3. The van der Waals surface area contributed by atoms with Crippen LogP contribution < -0.4 is 4.90 Å². The number of ether oxygens (including phenoxy) is 1. The topological polar surface area (TPSA) is 62.7 Å². The Bertz CT molecular complexity index is 1100. The fourth-order valence-corrected chi connectivity index (χ4v) is 4.41. The number of halogens is 2. The van der Waals surface area contributed by atoms with Crippen LogP contribution >= 0.6 is 11.6 Å². The van der Waals surface area contributed by atoms with Crippen LogP contribution in [-0.4, -0.2) is 41.1 Å². The second-order valence-corrected chi connectivity index (χ2v) is 10.7. The van der Waals surface area contributed by atoms with Gasteiger partial charge in [-0.05, 0) is 70.9 Å². The number of carbonyl (C=O) groups is 2. The Labute approximate surface area is 206 Å². The third-order valence-corrected chi connectivity index (χ3v) is 6.48. The second kappa shape index (κ2) is 9.17. The summed E-state index contributed by atoms with van der Waals surface area (Å²) in [5.41, 5.74) is -0.782. The summed E-state index contributed by atoms with van der Waals surface area (Å²) >= 11 is 6.19. The van der Waals surface area contributed by atoms with Crippen LogP contribution in [0.4, 0.5) is 14.9 Å². The number of hydrogen-bond donors (Lipinski definition) is 0. The Morgan fingerprint density at radius 3 is 2.53 bits per heavy atom. The molecule has 0 aliphatic carbocycles. The quantitative estimate of drug-likeness (QED) is 0.467. The van der Waals surface area contributed by atoms with Crippen molar-refractivity contribution in [3.8, 4) is 0 Å². The van der Waals surface area contributed by atoms with Gasteiger partial charge in [0.05, 0.1) is 17.4 Å². The number of carbonyl (C=O) groups excluding carboxylic acids is 2. The van der Waals surface area contributed by atoms with Gasteiger partial charge >= 0.3 is 6.09 Å². The lowest BCUT2D eigenvalue weighted by atomic mass is 9.90. The lowest BCUT2D eigenvalue weighted by Gasteiger charge is -2.34. The average Bonchev–Trinajstić information content (AvgIpc) is 2.95. The van der Waals surface area contributed by atoms with E-state index in [9.17, 15) is 9.59 Å². The summed E-state index contributed by atoms with van der Waals surface area (Å²) in [4.78, 5) is 32.8. The first-order chi connectivity index (χ1) is 15.7. The number of amides is 2. The number of alkyl halides is 1. The predicted molar refractivity (Wildman–Crippen MR) is 132 cm³/mol. The average molecular weight is 490 g/mol. The minimum atomic E-state index is -1.73. The van der Waals surface area contributed by atoms with E-state index in [1.165, 1.54) is 11.1 Å². The van der Waals surface area contributed by atoms with Crippen molar-refractivity contribution in [1.29, 1.82) is 0 Å². The molecule has 0 spiro atoms. The molecule has 2 amide bonds. The van der Waals surface area contributed by atoms with Crippen LogP contribution in [0.1, 0.15) is 75.9 Å². The molecule has 1 aliphatic rings. The molecule has 1 aromatic carbocycles. The van der Waals surface area contributed by atoms with Crippen molar-refractivity contribution in [2.45, 2.75) is 71.2 Å². The number of rotatable bonds is 6. The van der Waals surface area contributed by atoms with Gasteiger partial charge in [0.15, 0.2) is 0 Å². The molecule has 2 aromatic rings. The molecule has 0 bridgehead atoms. The van der Waals surface area contributed by atoms with Crippen LogP contribution in [0.3, 0.4) is 0 Å². The first kappa shape index (κ1) is 25.9. The van der Waals surface area contributed by atoms with E-state index in [-0.39, 0.29) is 25.3 Å². The van der Waals surface area contributed by atoms with E-state index in [0.717, 1.165) is 5.56 Å². The van der Waals surface area contributed by atoms with E-state index in [4.69, 9.17) is 16.3 Å². The van der Waals surface area contributed by atoms with E-state index < -0.39 is 22.9 Å². The van der Waals surface area contributed by atoms with E-state index in [1.807, 2.05) is 13.8 Å². The van der Waals surface area contributed by atoms with Gasteiger partial charge < -0.3 is 9.64 Å². The molecule has 0 saturated heterocycles. The van der Waals surface area contributed by atoms with E-state index in [1.54, 1.807) is 70.1 Å². The highest BCUT2D eigenvalue weighted by Gasteiger charge is 2.44. The van der Waals surface area contributed by atoms with Crippen LogP contribution in [-0.2, 0) is 15.9 Å². The van der Waals surface area contributed by atoms with E-state index >= 15 is 4.39 Å². The molecule has 1 atom stereocenters. The summed E-state index contributed by atoms with van der Waals surface area (Å²) in [5.74, 6) is -0.179. The summed E-state index contributed by atoms with van der Waals surface area (Å²) in [5, 5.41) is 0.552. The number of benzene rings is 1. The summed E-state index contributed by atoms with van der Waals surface area (Å²) in [6.07, 6.45) is 2.81. The Hall–Kier alpha value is -2.67. The Morgan fingerprint density at radius 1 is 1.24 bits per heavy atom. The Morgan fingerprint density at radius 2 is 1.91 bits per heavy atom. The molecule has 1 aliphatic heterocycles. The third kappa shape index (κ3) is 5.04. The lowest BCUT2D eigenvalue weighted by Crippen LogP contribution is -2.39. The van der Waals surface area contributed by atoms with Crippen molar-refractivity contribution in [3.63, 3.8) is 0 Å². The molecule has 0 fully saturated rings. The number of hydrogen-bond acceptors (Lipinski definition) is 4. The number of anilines is 1. The fraction of sp³-hybridized carbons (Fsp3) is 0.500. The van der Waals surface area contributed by atoms with Crippen molar-refractivity contribution in [2.24, 2.45) is 0 Å². The normalized spacial score (nSPS) is 16.7. The van der Waals surface area contributed by atoms with E-state index in [2.05, 4.69) is 4.98 Å². The molecule has 3 rings (SSSR count). The molecule has 0 radical (unpaired) electrons. The number of nitrogens with zero attached hydrogens (tertiary/aromatic N) is 3. The number of aromatic nitrogens is 1. The first-order valence-electron chi connectivity index (χ1n) is 11.4. The molecule has 34 heavy (non-hydrogen) atoms. The van der Waals surface area contributed by atoms with Gasteiger partial charge in [-0.1, -0.05) is 18.5 Å². The minimum absolute atomic E-state index is 0.0670. The van der Waals surface area contributed by atoms with Crippen molar-refractivity contribution in [1.82, 2.24) is 9.88 Å². The predicted octanol–water partition coefficient (Wildman–Crippen LogP) is 6.46. The van der Waals surface area contributed by atoms with Gasteiger partial charge in [-0.15, -0.1) is 0 Å². The van der Waals surface area contributed by atoms with E-state index in [0.29, 0.717) is 21.8 Å². The van der Waals surface area contributed by atoms with Crippen molar-refractivity contribution >= 4 is 29.3 Å². The molecule has 8 heteroatoms. The van der Waals surface area contributed by atoms with Crippen molar-refractivity contribution < 1.29 is 18.7 Å². The maximum atomic E-state index is 16.1. The monoisotopic (exact) mass is 489 g/mol. The van der Waals surface area contributed by atoms with Gasteiger partial charge in [-0.2, -0.15) is 0 Å². The number of fused-ring (bicyclic) bond motifs is 1.